The smallest absolute Gasteiger partial charge is 0.143 e. The number of thiophene rings is 1. The molecular weight excluding hydrogens is 867 g/mol. The van der Waals surface area contributed by atoms with Crippen molar-refractivity contribution in [2.24, 2.45) is 0 Å². The molecule has 2 aromatic heterocycles. The van der Waals surface area contributed by atoms with Crippen LogP contribution in [0.5, 0.6) is 0 Å². The highest BCUT2D eigenvalue weighted by atomic mass is 32.1. The predicted molar refractivity (Wildman–Crippen MR) is 295 cm³/mol. The van der Waals surface area contributed by atoms with Gasteiger partial charge < -0.3 is 9.32 Å². The molecule has 0 N–H and O–H groups in total. The third-order valence-electron chi connectivity index (χ3n) is 14.6. The molecule has 11 aromatic carbocycles. The van der Waals surface area contributed by atoms with Crippen LogP contribution in [0.15, 0.2) is 265 Å². The van der Waals surface area contributed by atoms with E-state index in [-0.39, 0.29) is 0 Å². The fourth-order valence-corrected chi connectivity index (χ4v) is 12.7. The largest absolute Gasteiger partial charge is 0.455 e. The number of para-hydroxylation sites is 2. The SMILES string of the molecule is c1ccc(C2(c3ccccc3)c3ccccc3-c3c(N(c4ccc(-c5ccc(-c6cccc7c6sc6ccccc67)cc5)cc4)c4cccc(-c5cccc6c5oc5ccccc56)c4)cccc32)cc1. The van der Waals surface area contributed by atoms with E-state index >= 15 is 0 Å². The summed E-state index contributed by atoms with van der Waals surface area (Å²) in [6.07, 6.45) is 0. The standard InChI is InChI=1S/C67H43NOS/c1-3-18-48(19-4-1)67(49-20-5-2-6-21-49)59-30-10-7-25-58(59)64-60(67)31-16-32-61(64)68(51-22-13-17-47(43-51)52-26-14-28-56-54-23-8-11-33-62(54)69-65(52)56)50-41-39-45(40-42-50)44-35-37-46(38-36-44)53-27-15-29-57-55-24-9-12-34-63(55)70-66(53)57/h1-43H. The van der Waals surface area contributed by atoms with Crippen LogP contribution >= 0.6 is 11.3 Å². The molecule has 0 radical (unpaired) electrons. The van der Waals surface area contributed by atoms with Crippen LogP contribution in [-0.2, 0) is 5.41 Å². The van der Waals surface area contributed by atoms with E-state index in [1.54, 1.807) is 0 Å². The first-order valence-corrected chi connectivity index (χ1v) is 24.8. The predicted octanol–water partition coefficient (Wildman–Crippen LogP) is 18.8. The molecule has 1 aliphatic carbocycles. The molecule has 0 spiro atoms. The van der Waals surface area contributed by atoms with Crippen molar-refractivity contribution in [2.75, 3.05) is 4.90 Å². The first kappa shape index (κ1) is 40.3. The molecule has 2 nitrogen and oxygen atoms in total. The summed E-state index contributed by atoms with van der Waals surface area (Å²) < 4.78 is 9.27. The lowest BCUT2D eigenvalue weighted by Crippen LogP contribution is -2.28. The Kier molecular flexibility index (Phi) is 9.33. The third kappa shape index (κ3) is 6.19. The van der Waals surface area contributed by atoms with Crippen molar-refractivity contribution in [3.63, 3.8) is 0 Å². The normalized spacial score (nSPS) is 12.7. The Hall–Kier alpha value is -8.76. The molecule has 0 bridgehead atoms. The summed E-state index contributed by atoms with van der Waals surface area (Å²) in [4.78, 5) is 2.46. The minimum atomic E-state index is -0.534. The maximum Gasteiger partial charge on any atom is 0.143 e. The zero-order chi connectivity index (χ0) is 46.2. The molecule has 2 heterocycles. The highest BCUT2D eigenvalue weighted by Gasteiger charge is 2.47. The van der Waals surface area contributed by atoms with E-state index in [1.165, 1.54) is 70.2 Å². The van der Waals surface area contributed by atoms with E-state index in [9.17, 15) is 0 Å². The summed E-state index contributed by atoms with van der Waals surface area (Å²) in [5.41, 5.74) is 19.0. The van der Waals surface area contributed by atoms with E-state index < -0.39 is 5.41 Å². The highest BCUT2D eigenvalue weighted by molar-refractivity contribution is 7.26. The summed E-state index contributed by atoms with van der Waals surface area (Å²) in [7, 11) is 0. The monoisotopic (exact) mass is 909 g/mol. The second kappa shape index (κ2) is 16.2. The van der Waals surface area contributed by atoms with Crippen LogP contribution in [0.4, 0.5) is 17.1 Å². The van der Waals surface area contributed by atoms with Crippen molar-refractivity contribution in [3.05, 3.63) is 283 Å². The fraction of sp³-hybridized carbons (Fsp3) is 0.0149. The van der Waals surface area contributed by atoms with Crippen molar-refractivity contribution < 1.29 is 4.42 Å². The van der Waals surface area contributed by atoms with Crippen LogP contribution in [0.2, 0.25) is 0 Å². The van der Waals surface area contributed by atoms with E-state index in [1.807, 2.05) is 17.4 Å². The van der Waals surface area contributed by atoms with Crippen molar-refractivity contribution in [1.82, 2.24) is 0 Å². The van der Waals surface area contributed by atoms with Gasteiger partial charge in [0.1, 0.15) is 11.2 Å². The second-order valence-corrected chi connectivity index (χ2v) is 19.4. The van der Waals surface area contributed by atoms with Crippen LogP contribution < -0.4 is 4.90 Å². The average Bonchev–Trinajstić information content (AvgIpc) is 4.11. The molecule has 0 aliphatic heterocycles. The molecule has 0 atom stereocenters. The lowest BCUT2D eigenvalue weighted by atomic mass is 9.68. The first-order chi connectivity index (χ1) is 34.7. The van der Waals surface area contributed by atoms with Gasteiger partial charge in [-0.3, -0.25) is 0 Å². The third-order valence-corrected chi connectivity index (χ3v) is 15.8. The first-order valence-electron chi connectivity index (χ1n) is 24.0. The maximum absolute atomic E-state index is 6.62. The molecule has 328 valence electrons. The minimum absolute atomic E-state index is 0.534. The molecule has 3 heteroatoms. The number of hydrogen-bond donors (Lipinski definition) is 0. The topological polar surface area (TPSA) is 16.4 Å². The van der Waals surface area contributed by atoms with Gasteiger partial charge in [0.15, 0.2) is 0 Å². The number of anilines is 3. The molecule has 0 saturated carbocycles. The van der Waals surface area contributed by atoms with Gasteiger partial charge in [-0.15, -0.1) is 11.3 Å². The zero-order valence-corrected chi connectivity index (χ0v) is 38.9. The van der Waals surface area contributed by atoms with E-state index in [4.69, 9.17) is 4.42 Å². The van der Waals surface area contributed by atoms with Crippen molar-refractivity contribution in [3.8, 4) is 44.5 Å². The Bertz CT molecular complexity index is 4070. The molecule has 70 heavy (non-hydrogen) atoms. The van der Waals surface area contributed by atoms with Crippen molar-refractivity contribution in [1.29, 1.82) is 0 Å². The lowest BCUT2D eigenvalue weighted by molar-refractivity contribution is 0.670. The molecule has 1 aliphatic rings. The molecule has 0 amide bonds. The molecule has 14 rings (SSSR count). The van der Waals surface area contributed by atoms with Gasteiger partial charge >= 0.3 is 0 Å². The van der Waals surface area contributed by atoms with Gasteiger partial charge in [0.2, 0.25) is 0 Å². The number of nitrogens with zero attached hydrogens (tertiary/aromatic N) is 1. The van der Waals surface area contributed by atoms with E-state index in [0.29, 0.717) is 0 Å². The van der Waals surface area contributed by atoms with Gasteiger partial charge in [-0.2, -0.15) is 0 Å². The molecular formula is C67H43NOS. The van der Waals surface area contributed by atoms with Crippen LogP contribution in [0, 0.1) is 0 Å². The second-order valence-electron chi connectivity index (χ2n) is 18.3. The van der Waals surface area contributed by atoms with E-state index in [2.05, 4.69) is 260 Å². The van der Waals surface area contributed by atoms with Gasteiger partial charge in [-0.1, -0.05) is 218 Å². The fourth-order valence-electron chi connectivity index (χ4n) is 11.5. The Morgan fingerprint density at radius 2 is 0.929 bits per heavy atom. The Labute approximate surface area is 410 Å². The van der Waals surface area contributed by atoms with Crippen molar-refractivity contribution in [2.45, 2.75) is 5.41 Å². The molecule has 13 aromatic rings. The van der Waals surface area contributed by atoms with Crippen LogP contribution in [0.25, 0.3) is 86.6 Å². The van der Waals surface area contributed by atoms with Gasteiger partial charge in [-0.05, 0) is 98.1 Å². The number of hydrogen-bond acceptors (Lipinski definition) is 3. The van der Waals surface area contributed by atoms with Crippen LogP contribution in [0.3, 0.4) is 0 Å². The minimum Gasteiger partial charge on any atom is -0.455 e. The lowest BCUT2D eigenvalue weighted by Gasteiger charge is -2.34. The number of fused-ring (bicyclic) bond motifs is 9. The van der Waals surface area contributed by atoms with E-state index in [0.717, 1.165) is 55.7 Å². The van der Waals surface area contributed by atoms with Gasteiger partial charge in [0.25, 0.3) is 0 Å². The molecule has 0 saturated heterocycles. The quantitative estimate of drug-likeness (QED) is 0.151. The number of benzene rings is 11. The molecule has 0 unspecified atom stereocenters. The summed E-state index contributed by atoms with van der Waals surface area (Å²) >= 11 is 1.88. The number of rotatable bonds is 8. The Morgan fingerprint density at radius 1 is 0.357 bits per heavy atom. The number of furan rings is 1. The van der Waals surface area contributed by atoms with Crippen molar-refractivity contribution >= 4 is 70.5 Å². The van der Waals surface area contributed by atoms with Gasteiger partial charge in [0, 0.05) is 53.4 Å². The maximum atomic E-state index is 6.62. The van der Waals surface area contributed by atoms with Gasteiger partial charge in [0.05, 0.1) is 11.1 Å². The highest BCUT2D eigenvalue weighted by Crippen LogP contribution is 2.59. The summed E-state index contributed by atoms with van der Waals surface area (Å²) in [6, 6.07) is 95.4. The average molecular weight is 910 g/mol. The summed E-state index contributed by atoms with van der Waals surface area (Å²) in [5, 5.41) is 4.88. The Balaban J connectivity index is 0.935. The van der Waals surface area contributed by atoms with Crippen LogP contribution in [-0.4, -0.2) is 0 Å². The zero-order valence-electron chi connectivity index (χ0n) is 38.1. The van der Waals surface area contributed by atoms with Gasteiger partial charge in [-0.25, -0.2) is 0 Å². The summed E-state index contributed by atoms with van der Waals surface area (Å²) in [6.45, 7) is 0. The molecule has 0 fully saturated rings. The van der Waals surface area contributed by atoms with Crippen LogP contribution in [0.1, 0.15) is 22.3 Å². The summed E-state index contributed by atoms with van der Waals surface area (Å²) in [5.74, 6) is 0. The Morgan fingerprint density at radius 3 is 1.71 bits per heavy atom.